The topological polar surface area (TPSA) is 17.1 Å². The van der Waals surface area contributed by atoms with Crippen molar-refractivity contribution < 1.29 is 4.79 Å². The lowest BCUT2D eigenvalue weighted by Crippen LogP contribution is -2.27. The fourth-order valence-corrected chi connectivity index (χ4v) is 2.64. The fraction of sp³-hybridized carbons (Fsp3) is 0.400. The average Bonchev–Trinajstić information content (AvgIpc) is 3.09. The van der Waals surface area contributed by atoms with Gasteiger partial charge in [0.2, 0.25) is 0 Å². The van der Waals surface area contributed by atoms with Crippen LogP contribution in [-0.4, -0.2) is 5.78 Å². The number of ketones is 1. The third-order valence-electron chi connectivity index (χ3n) is 3.93. The van der Waals surface area contributed by atoms with E-state index in [1.807, 2.05) is 24.3 Å². The molecular weight excluding hydrogens is 196 g/mol. The summed E-state index contributed by atoms with van der Waals surface area (Å²) in [6, 6.07) is 10.2. The predicted octanol–water partition coefficient (Wildman–Crippen LogP) is 3.25. The van der Waals surface area contributed by atoms with Gasteiger partial charge >= 0.3 is 0 Å². The van der Waals surface area contributed by atoms with E-state index in [1.54, 1.807) is 0 Å². The third-order valence-corrected chi connectivity index (χ3v) is 3.93. The molecule has 1 heteroatoms. The van der Waals surface area contributed by atoms with Gasteiger partial charge in [-0.05, 0) is 43.7 Å². The van der Waals surface area contributed by atoms with Gasteiger partial charge in [-0.15, -0.1) is 0 Å². The average molecular weight is 212 g/mol. The standard InChI is InChI=1S/C15H16O/c1-15(13-5-3-2-4-6-13)10-12(9-14(15)16)11-7-8-11/h2-6,9,11H,7-8,10H2,1H3. The maximum atomic E-state index is 12.2. The Bertz CT molecular complexity index is 454. The predicted molar refractivity (Wildman–Crippen MR) is 64.2 cm³/mol. The second-order valence-corrected chi connectivity index (χ2v) is 5.23. The molecule has 0 heterocycles. The van der Waals surface area contributed by atoms with Gasteiger partial charge in [-0.3, -0.25) is 4.79 Å². The molecule has 0 saturated heterocycles. The molecule has 1 saturated carbocycles. The smallest absolute Gasteiger partial charge is 0.166 e. The summed E-state index contributed by atoms with van der Waals surface area (Å²) in [5.74, 6) is 1.01. The van der Waals surface area contributed by atoms with Crippen LogP contribution in [0, 0.1) is 5.92 Å². The molecule has 1 fully saturated rings. The van der Waals surface area contributed by atoms with Crippen LogP contribution < -0.4 is 0 Å². The van der Waals surface area contributed by atoms with Crippen molar-refractivity contribution in [2.45, 2.75) is 31.6 Å². The van der Waals surface area contributed by atoms with E-state index in [1.165, 1.54) is 18.4 Å². The van der Waals surface area contributed by atoms with Gasteiger partial charge in [-0.25, -0.2) is 0 Å². The van der Waals surface area contributed by atoms with Gasteiger partial charge < -0.3 is 0 Å². The number of benzene rings is 1. The molecule has 1 unspecified atom stereocenters. The van der Waals surface area contributed by atoms with Crippen molar-refractivity contribution in [3.8, 4) is 0 Å². The summed E-state index contributed by atoms with van der Waals surface area (Å²) in [6.45, 7) is 2.08. The Morgan fingerprint density at radius 2 is 1.88 bits per heavy atom. The second-order valence-electron chi connectivity index (χ2n) is 5.23. The van der Waals surface area contributed by atoms with Crippen molar-refractivity contribution in [2.75, 3.05) is 0 Å². The van der Waals surface area contributed by atoms with Crippen LogP contribution in [0.5, 0.6) is 0 Å². The molecule has 0 aromatic heterocycles. The molecule has 2 aliphatic rings. The lowest BCUT2D eigenvalue weighted by molar-refractivity contribution is -0.118. The second kappa shape index (κ2) is 3.31. The highest BCUT2D eigenvalue weighted by Crippen LogP contribution is 2.47. The number of rotatable bonds is 2. The molecule has 3 rings (SSSR count). The highest BCUT2D eigenvalue weighted by molar-refractivity contribution is 6.02. The van der Waals surface area contributed by atoms with Crippen molar-refractivity contribution in [3.63, 3.8) is 0 Å². The number of allylic oxidation sites excluding steroid dienone is 2. The van der Waals surface area contributed by atoms with Gasteiger partial charge in [-0.2, -0.15) is 0 Å². The maximum absolute atomic E-state index is 12.2. The van der Waals surface area contributed by atoms with Crippen LogP contribution >= 0.6 is 0 Å². The Kier molecular flexibility index (Phi) is 2.03. The number of carbonyl (C=O) groups excluding carboxylic acids is 1. The van der Waals surface area contributed by atoms with Crippen LogP contribution in [0.15, 0.2) is 42.0 Å². The number of hydrogen-bond donors (Lipinski definition) is 0. The first-order chi connectivity index (χ1) is 7.70. The van der Waals surface area contributed by atoms with Crippen LogP contribution in [0.4, 0.5) is 0 Å². The van der Waals surface area contributed by atoms with E-state index in [0.717, 1.165) is 17.9 Å². The van der Waals surface area contributed by atoms with Crippen molar-refractivity contribution in [3.05, 3.63) is 47.5 Å². The normalized spacial score (nSPS) is 29.3. The summed E-state index contributed by atoms with van der Waals surface area (Å²) >= 11 is 0. The molecule has 0 spiro atoms. The van der Waals surface area contributed by atoms with E-state index in [4.69, 9.17) is 0 Å². The summed E-state index contributed by atoms with van der Waals surface area (Å²) in [5, 5.41) is 0. The molecule has 0 N–H and O–H groups in total. The lowest BCUT2D eigenvalue weighted by atomic mass is 9.78. The van der Waals surface area contributed by atoms with Crippen molar-refractivity contribution in [1.82, 2.24) is 0 Å². The van der Waals surface area contributed by atoms with Crippen LogP contribution in [-0.2, 0) is 10.2 Å². The number of carbonyl (C=O) groups is 1. The quantitative estimate of drug-likeness (QED) is 0.735. The van der Waals surface area contributed by atoms with E-state index < -0.39 is 0 Å². The number of hydrogen-bond acceptors (Lipinski definition) is 1. The monoisotopic (exact) mass is 212 g/mol. The van der Waals surface area contributed by atoms with Gasteiger partial charge in [0.05, 0.1) is 5.41 Å². The molecule has 2 aliphatic carbocycles. The van der Waals surface area contributed by atoms with Crippen LogP contribution in [0.3, 0.4) is 0 Å². The largest absolute Gasteiger partial charge is 0.294 e. The molecule has 1 aromatic rings. The first kappa shape index (κ1) is 9.83. The molecule has 0 amide bonds. The molecular formula is C15H16O. The highest BCUT2D eigenvalue weighted by Gasteiger charge is 2.43. The minimum absolute atomic E-state index is 0.292. The zero-order valence-electron chi connectivity index (χ0n) is 9.57. The van der Waals surface area contributed by atoms with Gasteiger partial charge in [0, 0.05) is 0 Å². The third kappa shape index (κ3) is 1.42. The SMILES string of the molecule is CC1(c2ccccc2)CC(C2CC2)=CC1=O. The first-order valence-corrected chi connectivity index (χ1v) is 6.00. The first-order valence-electron chi connectivity index (χ1n) is 6.00. The van der Waals surface area contributed by atoms with Crippen molar-refractivity contribution >= 4 is 5.78 Å². The van der Waals surface area contributed by atoms with Crippen molar-refractivity contribution in [1.29, 1.82) is 0 Å². The zero-order valence-corrected chi connectivity index (χ0v) is 9.57. The Morgan fingerprint density at radius 3 is 2.50 bits per heavy atom. The Hall–Kier alpha value is -1.37. The zero-order chi connectivity index (χ0) is 11.2. The molecule has 0 bridgehead atoms. The Morgan fingerprint density at radius 1 is 1.19 bits per heavy atom. The molecule has 0 radical (unpaired) electrons. The van der Waals surface area contributed by atoms with E-state index in [9.17, 15) is 4.79 Å². The van der Waals surface area contributed by atoms with E-state index in [0.29, 0.717) is 5.78 Å². The molecule has 1 aromatic carbocycles. The summed E-state index contributed by atoms with van der Waals surface area (Å²) in [5.41, 5.74) is 2.25. The van der Waals surface area contributed by atoms with Gasteiger partial charge in [-0.1, -0.05) is 35.9 Å². The van der Waals surface area contributed by atoms with E-state index in [-0.39, 0.29) is 5.41 Å². The van der Waals surface area contributed by atoms with Crippen LogP contribution in [0.2, 0.25) is 0 Å². The molecule has 0 aliphatic heterocycles. The molecule has 1 nitrogen and oxygen atoms in total. The Labute approximate surface area is 96.2 Å². The van der Waals surface area contributed by atoms with Gasteiger partial charge in [0.1, 0.15) is 0 Å². The molecule has 16 heavy (non-hydrogen) atoms. The van der Waals surface area contributed by atoms with Crippen LogP contribution in [0.25, 0.3) is 0 Å². The lowest BCUT2D eigenvalue weighted by Gasteiger charge is -2.23. The minimum atomic E-state index is -0.292. The Balaban J connectivity index is 1.93. The van der Waals surface area contributed by atoms with Crippen molar-refractivity contribution in [2.24, 2.45) is 5.92 Å². The van der Waals surface area contributed by atoms with Gasteiger partial charge in [0.15, 0.2) is 5.78 Å². The van der Waals surface area contributed by atoms with E-state index in [2.05, 4.69) is 19.1 Å². The minimum Gasteiger partial charge on any atom is -0.294 e. The summed E-state index contributed by atoms with van der Waals surface area (Å²) in [7, 11) is 0. The summed E-state index contributed by atoms with van der Waals surface area (Å²) in [6.07, 6.45) is 5.40. The summed E-state index contributed by atoms with van der Waals surface area (Å²) < 4.78 is 0. The fourth-order valence-electron chi connectivity index (χ4n) is 2.64. The molecule has 1 atom stereocenters. The highest BCUT2D eigenvalue weighted by atomic mass is 16.1. The summed E-state index contributed by atoms with van der Waals surface area (Å²) in [4.78, 5) is 12.2. The van der Waals surface area contributed by atoms with Crippen LogP contribution in [0.1, 0.15) is 31.7 Å². The van der Waals surface area contributed by atoms with Gasteiger partial charge in [0.25, 0.3) is 0 Å². The maximum Gasteiger partial charge on any atom is 0.166 e. The van der Waals surface area contributed by atoms with E-state index >= 15 is 0 Å². The molecule has 82 valence electrons.